The molecule has 0 radical (unpaired) electrons. The molecule has 2 unspecified atom stereocenters. The number of halogens is 1. The highest BCUT2D eigenvalue weighted by Gasteiger charge is 2.19. The van der Waals surface area contributed by atoms with E-state index in [1.54, 1.807) is 6.07 Å². The van der Waals surface area contributed by atoms with E-state index in [-0.39, 0.29) is 5.38 Å². The lowest BCUT2D eigenvalue weighted by Crippen LogP contribution is -2.11. The molecule has 4 heteroatoms. The first-order chi connectivity index (χ1) is 9.93. The monoisotopic (exact) mass is 303 g/mol. The second kappa shape index (κ2) is 6.49. The second-order valence-electron chi connectivity index (χ2n) is 6.09. The minimum atomic E-state index is -0.149. The van der Waals surface area contributed by atoms with Crippen LogP contribution in [-0.2, 0) is 0 Å². The van der Waals surface area contributed by atoms with Crippen molar-refractivity contribution in [1.29, 1.82) is 5.26 Å². The molecule has 0 fully saturated rings. The molecule has 0 bridgehead atoms. The number of nitrogens with zero attached hydrogens (tertiary/aromatic N) is 3. The van der Waals surface area contributed by atoms with Crippen LogP contribution >= 0.6 is 11.6 Å². The van der Waals surface area contributed by atoms with Crippen LogP contribution in [0.5, 0.6) is 0 Å². The quantitative estimate of drug-likeness (QED) is 0.712. The van der Waals surface area contributed by atoms with Gasteiger partial charge in [-0.1, -0.05) is 13.8 Å². The highest BCUT2D eigenvalue weighted by atomic mass is 35.5. The SMILES string of the molecule is CC(C)CCC(C)n1c(C(C)Cl)nc2ccc(C#N)cc21. The zero-order valence-electron chi connectivity index (χ0n) is 13.1. The first-order valence-electron chi connectivity index (χ1n) is 7.50. The molecule has 2 rings (SSSR count). The summed E-state index contributed by atoms with van der Waals surface area (Å²) in [7, 11) is 0. The summed E-state index contributed by atoms with van der Waals surface area (Å²) in [6, 6.07) is 8.15. The lowest BCUT2D eigenvalue weighted by molar-refractivity contribution is 0.437. The Hall–Kier alpha value is -1.53. The largest absolute Gasteiger partial charge is 0.324 e. The van der Waals surface area contributed by atoms with Crippen LogP contribution in [0.25, 0.3) is 11.0 Å². The zero-order valence-corrected chi connectivity index (χ0v) is 13.9. The summed E-state index contributed by atoms with van der Waals surface area (Å²) in [5, 5.41) is 8.96. The molecule has 0 amide bonds. The standard InChI is InChI=1S/C17H22ClN3/c1-11(2)5-6-12(3)21-16-9-14(10-19)7-8-15(16)20-17(21)13(4)18/h7-9,11-13H,5-6H2,1-4H3. The third kappa shape index (κ3) is 3.39. The minimum Gasteiger partial charge on any atom is -0.324 e. The van der Waals surface area contributed by atoms with Crippen molar-refractivity contribution in [3.05, 3.63) is 29.6 Å². The summed E-state index contributed by atoms with van der Waals surface area (Å²) in [5.74, 6) is 1.56. The molecular formula is C17H22ClN3. The molecule has 21 heavy (non-hydrogen) atoms. The van der Waals surface area contributed by atoms with Crippen LogP contribution in [0.1, 0.15) is 63.3 Å². The van der Waals surface area contributed by atoms with Gasteiger partial charge in [-0.2, -0.15) is 5.26 Å². The van der Waals surface area contributed by atoms with Crippen LogP contribution in [-0.4, -0.2) is 9.55 Å². The van der Waals surface area contributed by atoms with Gasteiger partial charge in [0.25, 0.3) is 0 Å². The molecule has 112 valence electrons. The summed E-state index contributed by atoms with van der Waals surface area (Å²) in [6.45, 7) is 8.61. The zero-order chi connectivity index (χ0) is 15.6. The Morgan fingerprint density at radius 3 is 2.52 bits per heavy atom. The van der Waals surface area contributed by atoms with Crippen molar-refractivity contribution in [3.63, 3.8) is 0 Å². The summed E-state index contributed by atoms with van der Waals surface area (Å²) < 4.78 is 2.20. The Labute approximate surface area is 131 Å². The van der Waals surface area contributed by atoms with Gasteiger partial charge in [0.05, 0.1) is 28.0 Å². The molecule has 0 aliphatic rings. The van der Waals surface area contributed by atoms with Crippen LogP contribution < -0.4 is 0 Å². The molecule has 1 aromatic heterocycles. The van der Waals surface area contributed by atoms with Crippen molar-refractivity contribution in [2.45, 2.75) is 52.0 Å². The van der Waals surface area contributed by atoms with Crippen LogP contribution in [0.4, 0.5) is 0 Å². The van der Waals surface area contributed by atoms with E-state index in [4.69, 9.17) is 16.9 Å². The summed E-state index contributed by atoms with van der Waals surface area (Å²) in [4.78, 5) is 4.66. The molecule has 1 heterocycles. The fraction of sp³-hybridized carbons (Fsp3) is 0.529. The van der Waals surface area contributed by atoms with E-state index < -0.39 is 0 Å². The molecule has 0 saturated carbocycles. The molecule has 0 aliphatic carbocycles. The highest BCUT2D eigenvalue weighted by Crippen LogP contribution is 2.30. The average molecular weight is 304 g/mol. The van der Waals surface area contributed by atoms with Gasteiger partial charge in [-0.15, -0.1) is 11.6 Å². The van der Waals surface area contributed by atoms with Crippen molar-refractivity contribution in [3.8, 4) is 6.07 Å². The Morgan fingerprint density at radius 2 is 1.95 bits per heavy atom. The Kier molecular flexibility index (Phi) is 4.90. The van der Waals surface area contributed by atoms with E-state index in [1.165, 1.54) is 0 Å². The maximum Gasteiger partial charge on any atom is 0.127 e. The third-order valence-electron chi connectivity index (χ3n) is 3.80. The summed E-state index contributed by atoms with van der Waals surface area (Å²) >= 11 is 6.31. The molecule has 3 nitrogen and oxygen atoms in total. The van der Waals surface area contributed by atoms with Gasteiger partial charge in [-0.25, -0.2) is 4.98 Å². The number of rotatable bonds is 5. The topological polar surface area (TPSA) is 41.6 Å². The predicted molar refractivity (Wildman–Crippen MR) is 87.5 cm³/mol. The first kappa shape index (κ1) is 15.9. The molecule has 2 atom stereocenters. The Balaban J connectivity index is 2.51. The lowest BCUT2D eigenvalue weighted by Gasteiger charge is -2.19. The highest BCUT2D eigenvalue weighted by molar-refractivity contribution is 6.20. The Bertz CT molecular complexity index is 664. The van der Waals surface area contributed by atoms with Gasteiger partial charge in [-0.05, 0) is 50.8 Å². The van der Waals surface area contributed by atoms with E-state index in [0.29, 0.717) is 17.5 Å². The van der Waals surface area contributed by atoms with Crippen molar-refractivity contribution in [2.75, 3.05) is 0 Å². The number of alkyl halides is 1. The lowest BCUT2D eigenvalue weighted by atomic mass is 10.0. The van der Waals surface area contributed by atoms with E-state index in [2.05, 4.69) is 36.4 Å². The van der Waals surface area contributed by atoms with E-state index in [0.717, 1.165) is 29.7 Å². The molecule has 0 N–H and O–H groups in total. The van der Waals surface area contributed by atoms with Gasteiger partial charge in [0.2, 0.25) is 0 Å². The van der Waals surface area contributed by atoms with Crippen molar-refractivity contribution in [2.24, 2.45) is 5.92 Å². The van der Waals surface area contributed by atoms with E-state index in [9.17, 15) is 0 Å². The fourth-order valence-electron chi connectivity index (χ4n) is 2.63. The number of hydrogen-bond donors (Lipinski definition) is 0. The second-order valence-corrected chi connectivity index (χ2v) is 6.75. The number of imidazole rings is 1. The summed E-state index contributed by atoms with van der Waals surface area (Å²) in [6.07, 6.45) is 2.24. The summed E-state index contributed by atoms with van der Waals surface area (Å²) in [5.41, 5.74) is 2.58. The molecule has 0 spiro atoms. The van der Waals surface area contributed by atoms with Crippen molar-refractivity contribution in [1.82, 2.24) is 9.55 Å². The minimum absolute atomic E-state index is 0.149. The van der Waals surface area contributed by atoms with Crippen molar-refractivity contribution < 1.29 is 0 Å². The van der Waals surface area contributed by atoms with E-state index in [1.807, 2.05) is 19.1 Å². The van der Waals surface area contributed by atoms with Gasteiger partial charge in [-0.3, -0.25) is 0 Å². The van der Waals surface area contributed by atoms with Crippen LogP contribution in [0.2, 0.25) is 0 Å². The molecule has 1 aromatic carbocycles. The number of hydrogen-bond acceptors (Lipinski definition) is 2. The van der Waals surface area contributed by atoms with Gasteiger partial charge in [0, 0.05) is 6.04 Å². The van der Waals surface area contributed by atoms with Crippen LogP contribution in [0.15, 0.2) is 18.2 Å². The first-order valence-corrected chi connectivity index (χ1v) is 7.93. The van der Waals surface area contributed by atoms with Crippen LogP contribution in [0.3, 0.4) is 0 Å². The molecule has 0 aliphatic heterocycles. The van der Waals surface area contributed by atoms with Gasteiger partial charge >= 0.3 is 0 Å². The van der Waals surface area contributed by atoms with E-state index >= 15 is 0 Å². The molecule has 2 aromatic rings. The van der Waals surface area contributed by atoms with Crippen LogP contribution in [0, 0.1) is 17.2 Å². The number of nitriles is 1. The maximum atomic E-state index is 9.11. The fourth-order valence-corrected chi connectivity index (χ4v) is 2.78. The number of benzene rings is 1. The van der Waals surface area contributed by atoms with Gasteiger partial charge in [0.1, 0.15) is 5.82 Å². The smallest absolute Gasteiger partial charge is 0.127 e. The van der Waals surface area contributed by atoms with Gasteiger partial charge in [0.15, 0.2) is 0 Å². The van der Waals surface area contributed by atoms with Gasteiger partial charge < -0.3 is 4.57 Å². The third-order valence-corrected chi connectivity index (χ3v) is 4.00. The average Bonchev–Trinajstić information content (AvgIpc) is 2.83. The molecular weight excluding hydrogens is 282 g/mol. The van der Waals surface area contributed by atoms with Crippen molar-refractivity contribution >= 4 is 22.6 Å². The normalized spacial score (nSPS) is 14.3. The predicted octanol–water partition coefficient (Wildman–Crippen LogP) is 5.20. The molecule has 0 saturated heterocycles. The Morgan fingerprint density at radius 1 is 1.24 bits per heavy atom. The number of fused-ring (bicyclic) bond motifs is 1. The number of aromatic nitrogens is 2. The maximum absolute atomic E-state index is 9.11.